The number of benzene rings is 2. The van der Waals surface area contributed by atoms with Crippen LogP contribution in [0.1, 0.15) is 11.1 Å². The molecule has 22 heavy (non-hydrogen) atoms. The molecule has 0 unspecified atom stereocenters. The molecule has 0 atom stereocenters. The van der Waals surface area contributed by atoms with Gasteiger partial charge in [0.05, 0.1) is 6.54 Å². The van der Waals surface area contributed by atoms with Crippen LogP contribution >= 0.6 is 0 Å². The van der Waals surface area contributed by atoms with Gasteiger partial charge < -0.3 is 5.73 Å². The van der Waals surface area contributed by atoms with Gasteiger partial charge in [0.15, 0.2) is 0 Å². The third-order valence-electron chi connectivity index (χ3n) is 3.13. The van der Waals surface area contributed by atoms with E-state index in [1.807, 2.05) is 65.6 Å². The molecule has 0 saturated heterocycles. The second kappa shape index (κ2) is 7.95. The monoisotopic (exact) mass is 297 g/mol. The van der Waals surface area contributed by atoms with Gasteiger partial charge in [0.1, 0.15) is 0 Å². The van der Waals surface area contributed by atoms with Gasteiger partial charge in [-0.05, 0) is 11.1 Å². The molecular weight excluding hydrogens is 278 g/mol. The minimum absolute atomic E-state index is 0.104. The number of primary amides is 1. The Labute approximate surface area is 129 Å². The summed E-state index contributed by atoms with van der Waals surface area (Å²) in [4.78, 5) is 24.5. The van der Waals surface area contributed by atoms with Gasteiger partial charge >= 0.3 is 6.03 Å². The van der Waals surface area contributed by atoms with E-state index in [0.717, 1.165) is 11.1 Å². The largest absolute Gasteiger partial charge is 0.351 e. The molecule has 114 valence electrons. The number of carbonyl (C=O) groups excluding carboxylic acids is 2. The number of amides is 3. The Bertz CT molecular complexity index is 573. The van der Waals surface area contributed by atoms with Crippen molar-refractivity contribution in [1.82, 2.24) is 10.2 Å². The zero-order chi connectivity index (χ0) is 15.8. The van der Waals surface area contributed by atoms with Gasteiger partial charge in [-0.15, -0.1) is 0 Å². The lowest BCUT2D eigenvalue weighted by molar-refractivity contribution is -0.121. The van der Waals surface area contributed by atoms with E-state index in [1.165, 1.54) is 0 Å². The number of nitrogens with two attached hydrogens (primary N) is 1. The highest BCUT2D eigenvalue weighted by Crippen LogP contribution is 2.09. The van der Waals surface area contributed by atoms with Gasteiger partial charge in [-0.2, -0.15) is 0 Å². The molecule has 2 aromatic carbocycles. The summed E-state index contributed by atoms with van der Waals surface area (Å²) in [6.07, 6.45) is 0. The molecule has 0 aromatic heterocycles. The zero-order valence-electron chi connectivity index (χ0n) is 12.2. The van der Waals surface area contributed by atoms with E-state index in [0.29, 0.717) is 13.1 Å². The van der Waals surface area contributed by atoms with Crippen LogP contribution in [-0.4, -0.2) is 23.4 Å². The lowest BCUT2D eigenvalue weighted by Crippen LogP contribution is -2.41. The summed E-state index contributed by atoms with van der Waals surface area (Å²) in [5.41, 5.74) is 7.19. The fraction of sp³-hybridized carbons (Fsp3) is 0.176. The third-order valence-corrected chi connectivity index (χ3v) is 3.13. The van der Waals surface area contributed by atoms with Gasteiger partial charge in [-0.3, -0.25) is 15.0 Å². The number of nitrogens with zero attached hydrogens (tertiary/aromatic N) is 1. The summed E-state index contributed by atoms with van der Waals surface area (Å²) in [6.45, 7) is 1.33. The zero-order valence-corrected chi connectivity index (χ0v) is 12.2. The van der Waals surface area contributed by atoms with E-state index in [1.54, 1.807) is 0 Å². The average molecular weight is 297 g/mol. The van der Waals surface area contributed by atoms with Crippen molar-refractivity contribution >= 4 is 11.9 Å². The fourth-order valence-corrected chi connectivity index (χ4v) is 2.23. The Balaban J connectivity index is 2.06. The van der Waals surface area contributed by atoms with Crippen LogP contribution in [0.4, 0.5) is 4.79 Å². The molecule has 0 aliphatic carbocycles. The maximum atomic E-state index is 11.8. The molecule has 0 spiro atoms. The van der Waals surface area contributed by atoms with Crippen molar-refractivity contribution in [1.29, 1.82) is 0 Å². The van der Waals surface area contributed by atoms with Gasteiger partial charge in [0.2, 0.25) is 5.91 Å². The SMILES string of the molecule is NC(=O)NC(=O)CN(Cc1ccccc1)Cc1ccccc1. The number of carbonyl (C=O) groups is 2. The number of imide groups is 1. The van der Waals surface area contributed by atoms with Crippen molar-refractivity contribution in [2.45, 2.75) is 13.1 Å². The van der Waals surface area contributed by atoms with E-state index >= 15 is 0 Å². The molecule has 0 saturated carbocycles. The Morgan fingerprint density at radius 1 is 0.864 bits per heavy atom. The summed E-state index contributed by atoms with van der Waals surface area (Å²) in [5.74, 6) is -0.403. The molecule has 0 aliphatic heterocycles. The molecule has 5 heteroatoms. The predicted octanol–water partition coefficient (Wildman–Crippen LogP) is 1.88. The molecule has 2 rings (SSSR count). The summed E-state index contributed by atoms with van der Waals surface area (Å²) < 4.78 is 0. The Hall–Kier alpha value is -2.66. The number of urea groups is 1. The molecule has 3 N–H and O–H groups in total. The molecule has 0 aliphatic rings. The maximum Gasteiger partial charge on any atom is 0.318 e. The molecule has 0 heterocycles. The Morgan fingerprint density at radius 3 is 1.73 bits per heavy atom. The number of hydrogen-bond donors (Lipinski definition) is 2. The van der Waals surface area contributed by atoms with Crippen molar-refractivity contribution in [2.24, 2.45) is 5.73 Å². The van der Waals surface area contributed by atoms with Crippen LogP contribution in [0, 0.1) is 0 Å². The maximum absolute atomic E-state index is 11.8. The van der Waals surface area contributed by atoms with E-state index in [4.69, 9.17) is 5.73 Å². The molecule has 0 bridgehead atoms. The first-order valence-corrected chi connectivity index (χ1v) is 7.03. The standard InChI is InChI=1S/C17H19N3O2/c18-17(22)19-16(21)13-20(11-14-7-3-1-4-8-14)12-15-9-5-2-6-10-15/h1-10H,11-13H2,(H3,18,19,21,22). The summed E-state index contributed by atoms with van der Waals surface area (Å²) in [5, 5.41) is 2.10. The highest BCUT2D eigenvalue weighted by molar-refractivity contribution is 5.94. The van der Waals surface area contributed by atoms with Crippen LogP contribution in [0.25, 0.3) is 0 Å². The van der Waals surface area contributed by atoms with Crippen LogP contribution in [0.3, 0.4) is 0 Å². The number of nitrogens with one attached hydrogen (secondary N) is 1. The molecule has 0 fully saturated rings. The second-order valence-corrected chi connectivity index (χ2v) is 5.03. The highest BCUT2D eigenvalue weighted by Gasteiger charge is 2.13. The second-order valence-electron chi connectivity index (χ2n) is 5.03. The van der Waals surface area contributed by atoms with Crippen LogP contribution < -0.4 is 11.1 Å². The van der Waals surface area contributed by atoms with Gasteiger partial charge in [-0.25, -0.2) is 4.79 Å². The van der Waals surface area contributed by atoms with Crippen LogP contribution in [-0.2, 0) is 17.9 Å². The van der Waals surface area contributed by atoms with Gasteiger partial charge in [0.25, 0.3) is 0 Å². The molecule has 2 aromatic rings. The number of rotatable bonds is 6. The van der Waals surface area contributed by atoms with Crippen molar-refractivity contribution in [3.05, 3.63) is 71.8 Å². The van der Waals surface area contributed by atoms with Crippen LogP contribution in [0.15, 0.2) is 60.7 Å². The summed E-state index contributed by atoms with van der Waals surface area (Å²) in [7, 11) is 0. The van der Waals surface area contributed by atoms with Crippen molar-refractivity contribution < 1.29 is 9.59 Å². The van der Waals surface area contributed by atoms with Gasteiger partial charge in [-0.1, -0.05) is 60.7 Å². The molecular formula is C17H19N3O2. The first-order chi connectivity index (χ1) is 10.6. The fourth-order valence-electron chi connectivity index (χ4n) is 2.23. The first-order valence-electron chi connectivity index (χ1n) is 7.03. The van der Waals surface area contributed by atoms with E-state index in [-0.39, 0.29) is 6.54 Å². The normalized spacial score (nSPS) is 10.4. The van der Waals surface area contributed by atoms with Crippen LogP contribution in [0.5, 0.6) is 0 Å². The minimum Gasteiger partial charge on any atom is -0.351 e. The number of hydrogen-bond acceptors (Lipinski definition) is 3. The predicted molar refractivity (Wildman–Crippen MR) is 84.7 cm³/mol. The van der Waals surface area contributed by atoms with E-state index in [9.17, 15) is 9.59 Å². The van der Waals surface area contributed by atoms with E-state index in [2.05, 4.69) is 5.32 Å². The van der Waals surface area contributed by atoms with Crippen molar-refractivity contribution in [3.8, 4) is 0 Å². The molecule has 3 amide bonds. The topological polar surface area (TPSA) is 75.4 Å². The molecule has 5 nitrogen and oxygen atoms in total. The summed E-state index contributed by atoms with van der Waals surface area (Å²) >= 11 is 0. The minimum atomic E-state index is -0.829. The quantitative estimate of drug-likeness (QED) is 0.855. The molecule has 0 radical (unpaired) electrons. The first kappa shape index (κ1) is 15.7. The average Bonchev–Trinajstić information content (AvgIpc) is 2.48. The van der Waals surface area contributed by atoms with Gasteiger partial charge in [0, 0.05) is 13.1 Å². The Kier molecular flexibility index (Phi) is 5.68. The lowest BCUT2D eigenvalue weighted by Gasteiger charge is -2.21. The van der Waals surface area contributed by atoms with Crippen LogP contribution in [0.2, 0.25) is 0 Å². The highest BCUT2D eigenvalue weighted by atomic mass is 16.2. The Morgan fingerprint density at radius 2 is 1.32 bits per heavy atom. The van der Waals surface area contributed by atoms with Crippen molar-refractivity contribution in [3.63, 3.8) is 0 Å². The lowest BCUT2D eigenvalue weighted by atomic mass is 10.1. The third kappa shape index (κ3) is 5.38. The summed E-state index contributed by atoms with van der Waals surface area (Å²) in [6, 6.07) is 18.9. The smallest absolute Gasteiger partial charge is 0.318 e. The van der Waals surface area contributed by atoms with Crippen molar-refractivity contribution in [2.75, 3.05) is 6.54 Å². The van der Waals surface area contributed by atoms with E-state index < -0.39 is 11.9 Å².